The minimum absolute atomic E-state index is 0.0149. The molecule has 0 aliphatic rings. The van der Waals surface area contributed by atoms with Gasteiger partial charge in [0.15, 0.2) is 5.76 Å². The van der Waals surface area contributed by atoms with Crippen molar-refractivity contribution in [2.24, 2.45) is 0 Å². The predicted molar refractivity (Wildman–Crippen MR) is 68.3 cm³/mol. The highest BCUT2D eigenvalue weighted by molar-refractivity contribution is 7.11. The lowest BCUT2D eigenvalue weighted by molar-refractivity contribution is 0.0653. The number of carbonyl (C=O) groups excluding carboxylic acids is 1. The SMILES string of the molecule is Cc1ncc(CN(C)C(=O)c2ccc(C(=O)O)o2)s1. The van der Waals surface area contributed by atoms with E-state index in [2.05, 4.69) is 4.98 Å². The van der Waals surface area contributed by atoms with Gasteiger partial charge in [-0.1, -0.05) is 0 Å². The average molecular weight is 280 g/mol. The Morgan fingerprint density at radius 1 is 1.42 bits per heavy atom. The van der Waals surface area contributed by atoms with Gasteiger partial charge in [0.25, 0.3) is 5.91 Å². The van der Waals surface area contributed by atoms with Crippen LogP contribution in [-0.4, -0.2) is 33.9 Å². The molecule has 0 aliphatic carbocycles. The van der Waals surface area contributed by atoms with Gasteiger partial charge in [0.2, 0.25) is 5.76 Å². The second-order valence-corrected chi connectivity index (χ2v) is 5.30. The second kappa shape index (κ2) is 5.23. The molecule has 100 valence electrons. The highest BCUT2D eigenvalue weighted by Gasteiger charge is 2.19. The summed E-state index contributed by atoms with van der Waals surface area (Å²) in [5.74, 6) is -1.79. The molecular weight excluding hydrogens is 268 g/mol. The number of furan rings is 1. The summed E-state index contributed by atoms with van der Waals surface area (Å²) < 4.78 is 4.97. The van der Waals surface area contributed by atoms with Crippen LogP contribution in [0.2, 0.25) is 0 Å². The summed E-state index contributed by atoms with van der Waals surface area (Å²) in [6, 6.07) is 2.63. The van der Waals surface area contributed by atoms with E-state index in [1.807, 2.05) is 6.92 Å². The Hall–Kier alpha value is -2.15. The van der Waals surface area contributed by atoms with E-state index in [4.69, 9.17) is 9.52 Å². The molecule has 1 amide bonds. The Morgan fingerprint density at radius 2 is 2.11 bits per heavy atom. The number of thiazole rings is 1. The van der Waals surface area contributed by atoms with Crippen molar-refractivity contribution in [2.75, 3.05) is 7.05 Å². The Labute approximate surface area is 113 Å². The molecule has 0 fully saturated rings. The molecule has 2 aromatic rings. The molecule has 0 aromatic carbocycles. The summed E-state index contributed by atoms with van der Waals surface area (Å²) >= 11 is 1.51. The highest BCUT2D eigenvalue weighted by Crippen LogP contribution is 2.16. The van der Waals surface area contributed by atoms with Crippen molar-refractivity contribution in [2.45, 2.75) is 13.5 Å². The van der Waals surface area contributed by atoms with Crippen LogP contribution in [0.3, 0.4) is 0 Å². The number of carbonyl (C=O) groups is 2. The number of aryl methyl sites for hydroxylation is 1. The summed E-state index contributed by atoms with van der Waals surface area (Å²) in [5, 5.41) is 9.66. The van der Waals surface area contributed by atoms with E-state index in [0.717, 1.165) is 9.88 Å². The van der Waals surface area contributed by atoms with Crippen LogP contribution >= 0.6 is 11.3 Å². The van der Waals surface area contributed by atoms with Gasteiger partial charge in [-0.3, -0.25) is 4.79 Å². The van der Waals surface area contributed by atoms with Crippen LogP contribution in [0, 0.1) is 6.92 Å². The zero-order valence-corrected chi connectivity index (χ0v) is 11.2. The van der Waals surface area contributed by atoms with Gasteiger partial charge in [-0.25, -0.2) is 9.78 Å². The van der Waals surface area contributed by atoms with E-state index >= 15 is 0 Å². The van der Waals surface area contributed by atoms with Crippen molar-refractivity contribution in [3.8, 4) is 0 Å². The molecule has 0 saturated heterocycles. The molecule has 0 atom stereocenters. The zero-order valence-electron chi connectivity index (χ0n) is 10.4. The van der Waals surface area contributed by atoms with Gasteiger partial charge >= 0.3 is 5.97 Å². The normalized spacial score (nSPS) is 10.4. The molecule has 7 heteroatoms. The van der Waals surface area contributed by atoms with Crippen molar-refractivity contribution in [1.82, 2.24) is 9.88 Å². The number of rotatable bonds is 4. The molecule has 2 rings (SSSR count). The molecule has 0 aliphatic heterocycles. The molecule has 1 N–H and O–H groups in total. The van der Waals surface area contributed by atoms with Crippen LogP contribution in [0.5, 0.6) is 0 Å². The molecule has 2 aromatic heterocycles. The molecule has 0 saturated carbocycles. The molecule has 0 spiro atoms. The quantitative estimate of drug-likeness (QED) is 0.926. The molecular formula is C12H12N2O4S. The number of carboxylic acid groups (broad SMARTS) is 1. The predicted octanol–water partition coefficient (Wildman–Crippen LogP) is 2.01. The maximum absolute atomic E-state index is 12.0. The first-order valence-electron chi connectivity index (χ1n) is 5.47. The van der Waals surface area contributed by atoms with E-state index in [9.17, 15) is 9.59 Å². The molecule has 0 radical (unpaired) electrons. The van der Waals surface area contributed by atoms with Gasteiger partial charge in [0, 0.05) is 18.1 Å². The Bertz CT molecular complexity index is 617. The number of amides is 1. The summed E-state index contributed by atoms with van der Waals surface area (Å²) in [4.78, 5) is 29.2. The molecule has 6 nitrogen and oxygen atoms in total. The van der Waals surface area contributed by atoms with Gasteiger partial charge < -0.3 is 14.4 Å². The number of carboxylic acids is 1. The fraction of sp³-hybridized carbons (Fsp3) is 0.250. The van der Waals surface area contributed by atoms with Gasteiger partial charge in [0.05, 0.1) is 11.6 Å². The number of hydrogen-bond acceptors (Lipinski definition) is 5. The fourth-order valence-corrected chi connectivity index (χ4v) is 2.39. The van der Waals surface area contributed by atoms with Gasteiger partial charge in [-0.05, 0) is 19.1 Å². The third-order valence-corrected chi connectivity index (χ3v) is 3.33. The summed E-state index contributed by atoms with van der Waals surface area (Å²) in [6.45, 7) is 2.30. The Morgan fingerprint density at radius 3 is 2.63 bits per heavy atom. The van der Waals surface area contributed by atoms with Gasteiger partial charge in [-0.15, -0.1) is 11.3 Å². The van der Waals surface area contributed by atoms with Crippen molar-refractivity contribution in [1.29, 1.82) is 0 Å². The van der Waals surface area contributed by atoms with Crippen LogP contribution in [0.1, 0.15) is 31.0 Å². The van der Waals surface area contributed by atoms with E-state index < -0.39 is 5.97 Å². The largest absolute Gasteiger partial charge is 0.475 e. The maximum Gasteiger partial charge on any atom is 0.371 e. The Balaban J connectivity index is 2.07. The van der Waals surface area contributed by atoms with Crippen LogP contribution in [0.15, 0.2) is 22.7 Å². The number of nitrogens with zero attached hydrogens (tertiary/aromatic N) is 2. The zero-order chi connectivity index (χ0) is 14.0. The minimum atomic E-state index is -1.19. The van der Waals surface area contributed by atoms with Crippen molar-refractivity contribution in [3.05, 3.63) is 39.7 Å². The third-order valence-electron chi connectivity index (χ3n) is 2.44. The number of hydrogen-bond donors (Lipinski definition) is 1. The van der Waals surface area contributed by atoms with E-state index in [1.54, 1.807) is 13.2 Å². The smallest absolute Gasteiger partial charge is 0.371 e. The highest BCUT2D eigenvalue weighted by atomic mass is 32.1. The number of aromatic carboxylic acids is 1. The van der Waals surface area contributed by atoms with Gasteiger partial charge in [-0.2, -0.15) is 0 Å². The fourth-order valence-electron chi connectivity index (χ4n) is 1.54. The molecule has 2 heterocycles. The monoisotopic (exact) mass is 280 g/mol. The van der Waals surface area contributed by atoms with E-state index in [-0.39, 0.29) is 17.4 Å². The average Bonchev–Trinajstić information content (AvgIpc) is 2.97. The summed E-state index contributed by atoms with van der Waals surface area (Å²) in [6.07, 6.45) is 1.72. The maximum atomic E-state index is 12.0. The lowest BCUT2D eigenvalue weighted by atomic mass is 10.3. The van der Waals surface area contributed by atoms with E-state index in [0.29, 0.717) is 6.54 Å². The standard InChI is InChI=1S/C12H12N2O4S/c1-7-13-5-8(19-7)6-14(2)11(15)9-3-4-10(18-9)12(16)17/h3-5H,6H2,1-2H3,(H,16,17). The first-order valence-corrected chi connectivity index (χ1v) is 6.29. The second-order valence-electron chi connectivity index (χ2n) is 3.98. The lowest BCUT2D eigenvalue weighted by Gasteiger charge is -2.13. The third kappa shape index (κ3) is 3.00. The molecule has 0 bridgehead atoms. The topological polar surface area (TPSA) is 83.6 Å². The summed E-state index contributed by atoms with van der Waals surface area (Å²) in [5.41, 5.74) is 0. The lowest BCUT2D eigenvalue weighted by Crippen LogP contribution is -2.25. The van der Waals surface area contributed by atoms with Crippen LogP contribution in [0.4, 0.5) is 0 Å². The first kappa shape index (κ1) is 13.3. The van der Waals surface area contributed by atoms with Crippen LogP contribution in [0.25, 0.3) is 0 Å². The van der Waals surface area contributed by atoms with Crippen molar-refractivity contribution >= 4 is 23.2 Å². The Kier molecular flexibility index (Phi) is 3.66. The van der Waals surface area contributed by atoms with Crippen molar-refractivity contribution < 1.29 is 19.1 Å². The van der Waals surface area contributed by atoms with Crippen molar-refractivity contribution in [3.63, 3.8) is 0 Å². The minimum Gasteiger partial charge on any atom is -0.475 e. The van der Waals surface area contributed by atoms with E-state index in [1.165, 1.54) is 28.4 Å². The first-order chi connectivity index (χ1) is 8.97. The summed E-state index contributed by atoms with van der Waals surface area (Å²) in [7, 11) is 1.63. The van der Waals surface area contributed by atoms with Gasteiger partial charge in [0.1, 0.15) is 0 Å². The molecule has 19 heavy (non-hydrogen) atoms. The van der Waals surface area contributed by atoms with Crippen LogP contribution in [-0.2, 0) is 6.54 Å². The number of aromatic nitrogens is 1. The van der Waals surface area contributed by atoms with Crippen LogP contribution < -0.4 is 0 Å². The molecule has 0 unspecified atom stereocenters.